The Bertz CT molecular complexity index is 551. The molecule has 0 atom stereocenters. The van der Waals surface area contributed by atoms with E-state index in [2.05, 4.69) is 20.9 Å². The Labute approximate surface area is 115 Å². The van der Waals surface area contributed by atoms with Crippen LogP contribution in [0.1, 0.15) is 16.8 Å². The second kappa shape index (κ2) is 5.96. The molecule has 2 rings (SSSR count). The van der Waals surface area contributed by atoms with Crippen LogP contribution in [0.25, 0.3) is 10.9 Å². The number of fused-ring (bicyclic) bond motifs is 1. The van der Waals surface area contributed by atoms with Gasteiger partial charge in [0.15, 0.2) is 0 Å². The highest BCUT2D eigenvalue weighted by atomic mass is 79.9. The van der Waals surface area contributed by atoms with Crippen LogP contribution in [0.3, 0.4) is 0 Å². The van der Waals surface area contributed by atoms with Crippen LogP contribution in [0.2, 0.25) is 0 Å². The van der Waals surface area contributed by atoms with Crippen molar-refractivity contribution in [2.75, 3.05) is 18.9 Å². The van der Waals surface area contributed by atoms with Crippen molar-refractivity contribution in [1.29, 1.82) is 0 Å². The Morgan fingerprint density at radius 1 is 1.33 bits per heavy atom. The minimum absolute atomic E-state index is 0.0505. The number of hydrogen-bond donors (Lipinski definition) is 0. The van der Waals surface area contributed by atoms with Crippen molar-refractivity contribution < 1.29 is 4.79 Å². The minimum Gasteiger partial charge on any atom is -0.342 e. The van der Waals surface area contributed by atoms with Gasteiger partial charge < -0.3 is 4.90 Å². The largest absolute Gasteiger partial charge is 0.342 e. The highest BCUT2D eigenvalue weighted by Crippen LogP contribution is 2.17. The van der Waals surface area contributed by atoms with Gasteiger partial charge in [-0.05, 0) is 18.6 Å². The first-order valence-electron chi connectivity index (χ1n) is 5.89. The number of pyridine rings is 1. The number of halogens is 1. The quantitative estimate of drug-likeness (QED) is 0.813. The third kappa shape index (κ3) is 2.70. The zero-order chi connectivity index (χ0) is 13.0. The third-order valence-corrected chi connectivity index (χ3v) is 3.41. The van der Waals surface area contributed by atoms with E-state index in [9.17, 15) is 4.79 Å². The van der Waals surface area contributed by atoms with E-state index in [1.165, 1.54) is 0 Å². The van der Waals surface area contributed by atoms with Crippen molar-refractivity contribution in [3.63, 3.8) is 0 Å². The van der Waals surface area contributed by atoms with Crippen LogP contribution in [0, 0.1) is 0 Å². The molecule has 0 aliphatic rings. The molecule has 0 radical (unpaired) electrons. The maximum Gasteiger partial charge on any atom is 0.254 e. The normalized spacial score (nSPS) is 10.6. The Balaban J connectivity index is 2.33. The Morgan fingerprint density at radius 3 is 2.89 bits per heavy atom. The van der Waals surface area contributed by atoms with Crippen molar-refractivity contribution in [2.45, 2.75) is 6.42 Å². The summed E-state index contributed by atoms with van der Waals surface area (Å²) in [6, 6.07) is 9.51. The van der Waals surface area contributed by atoms with E-state index in [4.69, 9.17) is 0 Å². The van der Waals surface area contributed by atoms with Crippen LogP contribution in [0.4, 0.5) is 0 Å². The van der Waals surface area contributed by atoms with Crippen LogP contribution >= 0.6 is 15.9 Å². The molecule has 0 aliphatic carbocycles. The summed E-state index contributed by atoms with van der Waals surface area (Å²) in [5, 5.41) is 1.82. The van der Waals surface area contributed by atoms with Gasteiger partial charge in [0.1, 0.15) is 0 Å². The number of carbonyl (C=O) groups excluding carboxylic acids is 1. The molecular formula is C14H15BrN2O. The van der Waals surface area contributed by atoms with Crippen molar-refractivity contribution in [3.05, 3.63) is 42.1 Å². The SMILES string of the molecule is CN(CCCBr)C(=O)c1ccnc2ccccc12. The lowest BCUT2D eigenvalue weighted by Gasteiger charge is -2.17. The van der Waals surface area contributed by atoms with Crippen molar-refractivity contribution >= 4 is 32.7 Å². The van der Waals surface area contributed by atoms with Crippen molar-refractivity contribution in [3.8, 4) is 0 Å². The van der Waals surface area contributed by atoms with Gasteiger partial charge in [-0.3, -0.25) is 9.78 Å². The monoisotopic (exact) mass is 306 g/mol. The molecule has 4 heteroatoms. The number of para-hydroxylation sites is 1. The number of hydrogen-bond acceptors (Lipinski definition) is 2. The number of rotatable bonds is 4. The lowest BCUT2D eigenvalue weighted by molar-refractivity contribution is 0.0797. The zero-order valence-electron chi connectivity index (χ0n) is 10.3. The molecule has 0 spiro atoms. The van der Waals surface area contributed by atoms with Crippen molar-refractivity contribution in [2.24, 2.45) is 0 Å². The number of aromatic nitrogens is 1. The molecule has 18 heavy (non-hydrogen) atoms. The minimum atomic E-state index is 0.0505. The summed E-state index contributed by atoms with van der Waals surface area (Å²) in [6.07, 6.45) is 2.64. The summed E-state index contributed by atoms with van der Waals surface area (Å²) in [5.41, 5.74) is 1.58. The van der Waals surface area contributed by atoms with Gasteiger partial charge in [0, 0.05) is 30.5 Å². The topological polar surface area (TPSA) is 33.2 Å². The van der Waals surface area contributed by atoms with Crippen LogP contribution < -0.4 is 0 Å². The van der Waals surface area contributed by atoms with Crippen molar-refractivity contribution in [1.82, 2.24) is 9.88 Å². The number of nitrogens with zero attached hydrogens (tertiary/aromatic N) is 2. The van der Waals surface area contributed by atoms with E-state index < -0.39 is 0 Å². The average molecular weight is 307 g/mol. The number of carbonyl (C=O) groups is 1. The molecule has 94 valence electrons. The van der Waals surface area contributed by atoms with E-state index in [0.29, 0.717) is 0 Å². The van der Waals surface area contributed by atoms with Crippen LogP contribution in [0.15, 0.2) is 36.5 Å². The molecule has 0 unspecified atom stereocenters. The number of alkyl halides is 1. The Morgan fingerprint density at radius 2 is 2.11 bits per heavy atom. The summed E-state index contributed by atoms with van der Waals surface area (Å²) in [5.74, 6) is 0.0505. The third-order valence-electron chi connectivity index (χ3n) is 2.85. The fourth-order valence-corrected chi connectivity index (χ4v) is 2.14. The van der Waals surface area contributed by atoms with Crippen LogP contribution in [-0.4, -0.2) is 34.7 Å². The maximum absolute atomic E-state index is 12.3. The second-order valence-electron chi connectivity index (χ2n) is 4.14. The predicted molar refractivity (Wildman–Crippen MR) is 77.1 cm³/mol. The molecular weight excluding hydrogens is 292 g/mol. The Kier molecular flexibility index (Phi) is 4.31. The zero-order valence-corrected chi connectivity index (χ0v) is 11.9. The molecule has 0 N–H and O–H groups in total. The highest BCUT2D eigenvalue weighted by Gasteiger charge is 2.14. The molecule has 1 aromatic heterocycles. The first-order chi connectivity index (χ1) is 8.74. The van der Waals surface area contributed by atoms with Gasteiger partial charge in [-0.1, -0.05) is 34.1 Å². The molecule has 0 fully saturated rings. The molecule has 0 aliphatic heterocycles. The molecule has 2 aromatic rings. The number of amides is 1. The maximum atomic E-state index is 12.3. The van der Waals surface area contributed by atoms with Gasteiger partial charge >= 0.3 is 0 Å². The first kappa shape index (κ1) is 13.0. The summed E-state index contributed by atoms with van der Waals surface area (Å²) >= 11 is 3.38. The lowest BCUT2D eigenvalue weighted by Crippen LogP contribution is -2.28. The summed E-state index contributed by atoms with van der Waals surface area (Å²) in [7, 11) is 1.83. The summed E-state index contributed by atoms with van der Waals surface area (Å²) < 4.78 is 0. The van der Waals surface area contributed by atoms with E-state index in [-0.39, 0.29) is 5.91 Å². The molecule has 1 aromatic carbocycles. The number of benzene rings is 1. The lowest BCUT2D eigenvalue weighted by atomic mass is 10.1. The van der Waals surface area contributed by atoms with E-state index in [0.717, 1.165) is 34.8 Å². The fourth-order valence-electron chi connectivity index (χ4n) is 1.89. The predicted octanol–water partition coefficient (Wildman–Crippen LogP) is 3.09. The van der Waals surface area contributed by atoms with Crippen LogP contribution in [0.5, 0.6) is 0 Å². The van der Waals surface area contributed by atoms with Gasteiger partial charge in [-0.2, -0.15) is 0 Å². The standard InChI is InChI=1S/C14H15BrN2O/c1-17(10-4-8-15)14(18)12-7-9-16-13-6-3-2-5-11(12)13/h2-3,5-7,9H,4,8,10H2,1H3. The van der Waals surface area contributed by atoms with E-state index in [1.807, 2.05) is 31.3 Å². The summed E-state index contributed by atoms with van der Waals surface area (Å²) in [4.78, 5) is 18.4. The molecule has 1 amide bonds. The second-order valence-corrected chi connectivity index (χ2v) is 4.94. The van der Waals surface area contributed by atoms with Gasteiger partial charge in [0.25, 0.3) is 5.91 Å². The molecule has 0 bridgehead atoms. The van der Waals surface area contributed by atoms with Crippen LogP contribution in [-0.2, 0) is 0 Å². The van der Waals surface area contributed by atoms with E-state index in [1.54, 1.807) is 17.2 Å². The fraction of sp³-hybridized carbons (Fsp3) is 0.286. The van der Waals surface area contributed by atoms with Gasteiger partial charge in [0.2, 0.25) is 0 Å². The molecule has 1 heterocycles. The molecule has 0 saturated carbocycles. The smallest absolute Gasteiger partial charge is 0.254 e. The first-order valence-corrected chi connectivity index (χ1v) is 7.01. The van der Waals surface area contributed by atoms with E-state index >= 15 is 0 Å². The van der Waals surface area contributed by atoms with Gasteiger partial charge in [-0.25, -0.2) is 0 Å². The average Bonchev–Trinajstić information content (AvgIpc) is 2.43. The molecule has 3 nitrogen and oxygen atoms in total. The highest BCUT2D eigenvalue weighted by molar-refractivity contribution is 9.09. The van der Waals surface area contributed by atoms with Gasteiger partial charge in [0.05, 0.1) is 11.1 Å². The molecule has 0 saturated heterocycles. The summed E-state index contributed by atoms with van der Waals surface area (Å²) in [6.45, 7) is 0.751. The Hall–Kier alpha value is -1.42. The van der Waals surface area contributed by atoms with Gasteiger partial charge in [-0.15, -0.1) is 0 Å².